The quantitative estimate of drug-likeness (QED) is 0.628. The minimum Gasteiger partial charge on any atom is -0.486 e. The van der Waals surface area contributed by atoms with Crippen molar-refractivity contribution in [3.63, 3.8) is 0 Å². The normalized spacial score (nSPS) is 13.0. The molecule has 28 heavy (non-hydrogen) atoms. The van der Waals surface area contributed by atoms with Crippen molar-refractivity contribution in [1.82, 2.24) is 4.90 Å². The molecule has 1 aliphatic heterocycles. The fourth-order valence-electron chi connectivity index (χ4n) is 3.51. The number of halogens is 1. The summed E-state index contributed by atoms with van der Waals surface area (Å²) >= 11 is 6.29. The Kier molecular flexibility index (Phi) is 5.18. The van der Waals surface area contributed by atoms with Gasteiger partial charge in [0.1, 0.15) is 24.6 Å². The minimum absolute atomic E-state index is 0.0000728. The summed E-state index contributed by atoms with van der Waals surface area (Å²) in [4.78, 5) is 14.6. The molecule has 0 N–H and O–H groups in total. The summed E-state index contributed by atoms with van der Waals surface area (Å²) in [5.74, 6) is 2.07. The predicted molar refractivity (Wildman–Crippen MR) is 108 cm³/mol. The van der Waals surface area contributed by atoms with Gasteiger partial charge in [0.15, 0.2) is 11.5 Å². The molecular weight excluding hydrogens is 378 g/mol. The second kappa shape index (κ2) is 7.76. The first-order valence-electron chi connectivity index (χ1n) is 9.38. The topological polar surface area (TPSA) is 51.9 Å². The van der Waals surface area contributed by atoms with Crippen LogP contribution in [0.1, 0.15) is 23.8 Å². The number of carbonyl (C=O) groups excluding carboxylic acids is 1. The van der Waals surface area contributed by atoms with Crippen LogP contribution in [0, 0.1) is 0 Å². The lowest BCUT2D eigenvalue weighted by Gasteiger charge is -2.21. The van der Waals surface area contributed by atoms with Crippen molar-refractivity contribution < 1.29 is 18.7 Å². The minimum atomic E-state index is 0.0000728. The van der Waals surface area contributed by atoms with Gasteiger partial charge in [-0.1, -0.05) is 36.7 Å². The smallest absolute Gasteiger partial charge is 0.227 e. The first kappa shape index (κ1) is 18.7. The molecule has 0 unspecified atom stereocenters. The van der Waals surface area contributed by atoms with E-state index < -0.39 is 0 Å². The average molecular weight is 400 g/mol. The molecule has 0 fully saturated rings. The molecule has 2 aromatic carbocycles. The van der Waals surface area contributed by atoms with Crippen LogP contribution >= 0.6 is 11.6 Å². The van der Waals surface area contributed by atoms with E-state index in [4.69, 9.17) is 25.5 Å². The third-order valence-corrected chi connectivity index (χ3v) is 5.22. The van der Waals surface area contributed by atoms with E-state index in [1.165, 1.54) is 0 Å². The molecule has 0 saturated carbocycles. The highest BCUT2D eigenvalue weighted by Crippen LogP contribution is 2.38. The maximum Gasteiger partial charge on any atom is 0.227 e. The summed E-state index contributed by atoms with van der Waals surface area (Å²) in [7, 11) is 1.81. The number of para-hydroxylation sites is 1. The molecule has 0 saturated heterocycles. The molecule has 6 heteroatoms. The molecule has 1 aromatic heterocycles. The van der Waals surface area contributed by atoms with Crippen LogP contribution in [-0.2, 0) is 24.2 Å². The molecule has 1 amide bonds. The van der Waals surface area contributed by atoms with Crippen LogP contribution in [0.5, 0.6) is 11.5 Å². The molecule has 2 heterocycles. The maximum absolute atomic E-state index is 12.8. The molecule has 1 aliphatic rings. The molecule has 4 rings (SSSR count). The van der Waals surface area contributed by atoms with Crippen molar-refractivity contribution in [3.8, 4) is 11.5 Å². The second-order valence-electron chi connectivity index (χ2n) is 6.88. The van der Waals surface area contributed by atoms with Crippen LogP contribution in [0.4, 0.5) is 0 Å². The van der Waals surface area contributed by atoms with Gasteiger partial charge in [0, 0.05) is 31.0 Å². The van der Waals surface area contributed by atoms with Gasteiger partial charge in [-0.25, -0.2) is 0 Å². The monoisotopic (exact) mass is 399 g/mol. The van der Waals surface area contributed by atoms with E-state index >= 15 is 0 Å². The fraction of sp³-hybridized carbons (Fsp3) is 0.318. The summed E-state index contributed by atoms with van der Waals surface area (Å²) in [6, 6.07) is 11.5. The Labute approximate surface area is 168 Å². The number of hydrogen-bond donors (Lipinski definition) is 0. The van der Waals surface area contributed by atoms with Gasteiger partial charge in [-0.3, -0.25) is 4.79 Å². The van der Waals surface area contributed by atoms with Crippen molar-refractivity contribution in [2.75, 3.05) is 20.3 Å². The Morgan fingerprint density at radius 2 is 1.96 bits per heavy atom. The van der Waals surface area contributed by atoms with E-state index in [1.807, 2.05) is 37.4 Å². The van der Waals surface area contributed by atoms with Crippen molar-refractivity contribution in [3.05, 3.63) is 58.3 Å². The lowest BCUT2D eigenvalue weighted by Crippen LogP contribution is -2.28. The average Bonchev–Trinajstić information content (AvgIpc) is 3.05. The number of aryl methyl sites for hydroxylation is 1. The lowest BCUT2D eigenvalue weighted by atomic mass is 10.1. The maximum atomic E-state index is 12.8. The van der Waals surface area contributed by atoms with Crippen molar-refractivity contribution >= 4 is 28.5 Å². The van der Waals surface area contributed by atoms with E-state index in [1.54, 1.807) is 11.0 Å². The molecule has 0 atom stereocenters. The number of furan rings is 1. The predicted octanol–water partition coefficient (Wildman–Crippen LogP) is 4.62. The fourth-order valence-corrected chi connectivity index (χ4v) is 3.80. The third kappa shape index (κ3) is 3.54. The highest BCUT2D eigenvalue weighted by Gasteiger charge is 2.20. The van der Waals surface area contributed by atoms with Crippen LogP contribution < -0.4 is 9.47 Å². The van der Waals surface area contributed by atoms with Crippen LogP contribution in [0.25, 0.3) is 11.0 Å². The van der Waals surface area contributed by atoms with Gasteiger partial charge < -0.3 is 18.8 Å². The van der Waals surface area contributed by atoms with Crippen molar-refractivity contribution in [2.24, 2.45) is 0 Å². The Morgan fingerprint density at radius 3 is 2.79 bits per heavy atom. The molecule has 3 aromatic rings. The number of likely N-dealkylation sites (N-methyl/N-ethyl adjacent to an activating group) is 1. The van der Waals surface area contributed by atoms with Crippen LogP contribution in [-0.4, -0.2) is 31.1 Å². The Bertz CT molecular complexity index is 1030. The number of ether oxygens (including phenoxy) is 2. The highest BCUT2D eigenvalue weighted by atomic mass is 35.5. The number of carbonyl (C=O) groups is 1. The molecule has 0 radical (unpaired) electrons. The number of benzene rings is 2. The van der Waals surface area contributed by atoms with E-state index in [9.17, 15) is 4.79 Å². The summed E-state index contributed by atoms with van der Waals surface area (Å²) < 4.78 is 17.1. The molecule has 0 aliphatic carbocycles. The summed E-state index contributed by atoms with van der Waals surface area (Å²) in [5, 5.41) is 1.53. The number of amides is 1. The van der Waals surface area contributed by atoms with Gasteiger partial charge in [0.05, 0.1) is 11.4 Å². The largest absolute Gasteiger partial charge is 0.486 e. The molecule has 146 valence electrons. The Hall–Kier alpha value is -2.66. The van der Waals surface area contributed by atoms with E-state index in [0.29, 0.717) is 36.3 Å². The number of nitrogens with zero attached hydrogens (tertiary/aromatic N) is 1. The SMILES string of the molecule is CCc1oc2ccccc2c1CN(C)C(=O)Cc1cc(Cl)c2c(c1)OCCO2. The molecular formula is C22H22ClNO4. The van der Waals surface area contributed by atoms with Gasteiger partial charge in [-0.2, -0.15) is 0 Å². The first-order valence-corrected chi connectivity index (χ1v) is 9.76. The Morgan fingerprint density at radius 1 is 1.18 bits per heavy atom. The summed E-state index contributed by atoms with van der Waals surface area (Å²) in [5.41, 5.74) is 2.72. The zero-order valence-corrected chi connectivity index (χ0v) is 16.7. The van der Waals surface area contributed by atoms with Gasteiger partial charge in [-0.15, -0.1) is 0 Å². The lowest BCUT2D eigenvalue weighted by molar-refractivity contribution is -0.129. The second-order valence-corrected chi connectivity index (χ2v) is 7.29. The van der Waals surface area contributed by atoms with Gasteiger partial charge in [0.25, 0.3) is 0 Å². The van der Waals surface area contributed by atoms with Crippen molar-refractivity contribution in [1.29, 1.82) is 0 Å². The van der Waals surface area contributed by atoms with Crippen molar-refractivity contribution in [2.45, 2.75) is 26.3 Å². The van der Waals surface area contributed by atoms with Gasteiger partial charge >= 0.3 is 0 Å². The van der Waals surface area contributed by atoms with E-state index in [-0.39, 0.29) is 12.3 Å². The summed E-state index contributed by atoms with van der Waals surface area (Å²) in [6.45, 7) is 3.51. The van der Waals surface area contributed by atoms with Crippen LogP contribution in [0.15, 0.2) is 40.8 Å². The Balaban J connectivity index is 1.53. The van der Waals surface area contributed by atoms with E-state index in [2.05, 4.69) is 6.92 Å². The number of fused-ring (bicyclic) bond motifs is 2. The van der Waals surface area contributed by atoms with Gasteiger partial charge in [0.2, 0.25) is 5.91 Å². The van der Waals surface area contributed by atoms with Crippen LogP contribution in [0.3, 0.4) is 0 Å². The number of hydrogen-bond acceptors (Lipinski definition) is 4. The zero-order chi connectivity index (χ0) is 19.7. The van der Waals surface area contributed by atoms with Crippen LogP contribution in [0.2, 0.25) is 5.02 Å². The molecule has 0 spiro atoms. The summed E-state index contributed by atoms with van der Waals surface area (Å²) in [6.07, 6.45) is 1.02. The van der Waals surface area contributed by atoms with E-state index in [0.717, 1.165) is 34.3 Å². The molecule has 0 bridgehead atoms. The molecule has 5 nitrogen and oxygen atoms in total. The third-order valence-electron chi connectivity index (χ3n) is 4.94. The number of rotatable bonds is 5. The van der Waals surface area contributed by atoms with Gasteiger partial charge in [-0.05, 0) is 23.8 Å². The first-order chi connectivity index (χ1) is 13.6. The highest BCUT2D eigenvalue weighted by molar-refractivity contribution is 6.32. The standard InChI is InChI=1S/C22H22ClNO4/c1-3-18-16(15-6-4-5-7-19(15)28-18)13-24(2)21(25)12-14-10-17(23)22-20(11-14)26-8-9-27-22/h4-7,10-11H,3,8-9,12-13H2,1-2H3. The zero-order valence-electron chi connectivity index (χ0n) is 16.0.